The third-order valence-electron chi connectivity index (χ3n) is 2.13. The fraction of sp³-hybridized carbons (Fsp3) is 1.00. The van der Waals surface area contributed by atoms with Gasteiger partial charge in [-0.25, -0.2) is 0 Å². The van der Waals surface area contributed by atoms with Gasteiger partial charge in [0.25, 0.3) is 0 Å². The smallest absolute Gasteiger partial charge is 0.160 e. The summed E-state index contributed by atoms with van der Waals surface area (Å²) in [5.41, 5.74) is 0. The van der Waals surface area contributed by atoms with Crippen LogP contribution in [0.2, 0.25) is 5.82 Å². The number of hydrogen-bond acceptors (Lipinski definition) is 0. The Morgan fingerprint density at radius 1 is 1.17 bits per heavy atom. The first-order valence-corrected chi connectivity index (χ1v) is 5.19. The van der Waals surface area contributed by atoms with Gasteiger partial charge in [-0.05, 0) is 6.92 Å². The molecule has 2 atom stereocenters. The largest absolute Gasteiger partial charge is 0.258 e. The van der Waals surface area contributed by atoms with Crippen LogP contribution in [0.1, 0.15) is 52.9 Å². The van der Waals surface area contributed by atoms with Gasteiger partial charge in [0.2, 0.25) is 0 Å². The molecule has 0 saturated heterocycles. The molecule has 0 aliphatic heterocycles. The lowest BCUT2D eigenvalue weighted by Gasteiger charge is -2.14. The number of halogens is 1. The highest BCUT2D eigenvalue weighted by Gasteiger charge is 2.12. The van der Waals surface area contributed by atoms with E-state index in [9.17, 15) is 4.39 Å². The van der Waals surface area contributed by atoms with Crippen molar-refractivity contribution in [2.24, 2.45) is 0 Å². The van der Waals surface area contributed by atoms with Crippen LogP contribution in [0.15, 0.2) is 0 Å². The third kappa shape index (κ3) is 6.69. The van der Waals surface area contributed by atoms with Crippen LogP contribution in [0, 0.1) is 0 Å². The van der Waals surface area contributed by atoms with Crippen molar-refractivity contribution in [1.82, 2.24) is 0 Å². The van der Waals surface area contributed by atoms with Gasteiger partial charge in [-0.1, -0.05) is 51.8 Å². The highest BCUT2D eigenvalue weighted by atomic mass is 19.1. The van der Waals surface area contributed by atoms with Crippen LogP contribution in [0.3, 0.4) is 0 Å². The first kappa shape index (κ1) is 12.0. The molecule has 0 bridgehead atoms. The minimum atomic E-state index is -0.738. The van der Waals surface area contributed by atoms with Crippen molar-refractivity contribution in [3.8, 4) is 0 Å². The Morgan fingerprint density at radius 3 is 2.25 bits per heavy atom. The van der Waals surface area contributed by atoms with Crippen LogP contribution >= 0.6 is 0 Å². The lowest BCUT2D eigenvalue weighted by molar-refractivity contribution is 0.458. The van der Waals surface area contributed by atoms with Crippen LogP contribution in [-0.4, -0.2) is 13.4 Å². The zero-order valence-corrected chi connectivity index (χ0v) is 8.65. The summed E-state index contributed by atoms with van der Waals surface area (Å²) in [5.74, 6) is 0.509. The average molecular weight is 171 g/mol. The maximum Gasteiger partial charge on any atom is 0.160 e. The number of unbranched alkanes of at least 4 members (excludes halogenated alkanes) is 1. The standard InChI is InChI=1S/C10H21BF/c1-4-6-8-10(7-5-2)11-9(3)12/h9-10H,4-8H2,1-3H3. The summed E-state index contributed by atoms with van der Waals surface area (Å²) in [6.45, 7) is 5.96. The zero-order chi connectivity index (χ0) is 9.40. The van der Waals surface area contributed by atoms with Crippen LogP contribution in [-0.2, 0) is 0 Å². The Balaban J connectivity index is 3.54. The van der Waals surface area contributed by atoms with Crippen molar-refractivity contribution < 1.29 is 4.39 Å². The quantitative estimate of drug-likeness (QED) is 0.511. The van der Waals surface area contributed by atoms with Gasteiger partial charge in [-0.15, -0.1) is 0 Å². The van der Waals surface area contributed by atoms with Crippen molar-refractivity contribution in [3.63, 3.8) is 0 Å². The highest BCUT2D eigenvalue weighted by Crippen LogP contribution is 2.21. The molecule has 0 heterocycles. The molecule has 0 amide bonds. The number of alkyl halides is 1. The molecule has 2 heteroatoms. The van der Waals surface area contributed by atoms with E-state index in [1.165, 1.54) is 19.3 Å². The summed E-state index contributed by atoms with van der Waals surface area (Å²) >= 11 is 0. The first-order valence-electron chi connectivity index (χ1n) is 5.19. The van der Waals surface area contributed by atoms with Gasteiger partial charge >= 0.3 is 0 Å². The third-order valence-corrected chi connectivity index (χ3v) is 2.13. The summed E-state index contributed by atoms with van der Waals surface area (Å²) in [7, 11) is 1.86. The summed E-state index contributed by atoms with van der Waals surface area (Å²) in [4.78, 5) is 0. The second-order valence-electron chi connectivity index (χ2n) is 3.56. The van der Waals surface area contributed by atoms with Crippen LogP contribution in [0.5, 0.6) is 0 Å². The molecule has 0 spiro atoms. The lowest BCUT2D eigenvalue weighted by atomic mass is 9.58. The molecule has 0 nitrogen and oxygen atoms in total. The SMILES string of the molecule is CCCCC([B]C(C)F)CCC. The number of rotatable bonds is 7. The van der Waals surface area contributed by atoms with E-state index in [0.717, 1.165) is 12.8 Å². The van der Waals surface area contributed by atoms with Gasteiger partial charge < -0.3 is 0 Å². The van der Waals surface area contributed by atoms with Crippen molar-refractivity contribution >= 4 is 7.28 Å². The van der Waals surface area contributed by atoms with Gasteiger partial charge in [0.05, 0.1) is 6.07 Å². The van der Waals surface area contributed by atoms with E-state index in [2.05, 4.69) is 13.8 Å². The van der Waals surface area contributed by atoms with Crippen LogP contribution in [0.4, 0.5) is 4.39 Å². The van der Waals surface area contributed by atoms with E-state index < -0.39 is 6.07 Å². The zero-order valence-electron chi connectivity index (χ0n) is 8.65. The number of hydrogen-bond donors (Lipinski definition) is 0. The Kier molecular flexibility index (Phi) is 7.63. The van der Waals surface area contributed by atoms with Crippen LogP contribution < -0.4 is 0 Å². The molecule has 2 unspecified atom stereocenters. The van der Waals surface area contributed by atoms with E-state index in [1.807, 2.05) is 7.28 Å². The minimum absolute atomic E-state index is 0.509. The van der Waals surface area contributed by atoms with Gasteiger partial charge in [-0.3, -0.25) is 4.39 Å². The Morgan fingerprint density at radius 2 is 1.83 bits per heavy atom. The van der Waals surface area contributed by atoms with Crippen molar-refractivity contribution in [1.29, 1.82) is 0 Å². The van der Waals surface area contributed by atoms with E-state index in [0.29, 0.717) is 5.82 Å². The Bertz CT molecular complexity index is 93.8. The van der Waals surface area contributed by atoms with Gasteiger partial charge in [0.1, 0.15) is 0 Å². The summed E-state index contributed by atoms with van der Waals surface area (Å²) in [6, 6.07) is 0. The first-order chi connectivity index (χ1) is 5.70. The summed E-state index contributed by atoms with van der Waals surface area (Å²) in [6.07, 6.45) is 5.19. The molecule has 0 saturated carbocycles. The van der Waals surface area contributed by atoms with Crippen LogP contribution in [0.25, 0.3) is 0 Å². The predicted octanol–water partition coefficient (Wildman–Crippen LogP) is 3.78. The Labute approximate surface area is 77.2 Å². The van der Waals surface area contributed by atoms with Crippen molar-refractivity contribution in [3.05, 3.63) is 0 Å². The minimum Gasteiger partial charge on any atom is -0.258 e. The molecule has 0 aromatic rings. The maximum absolute atomic E-state index is 12.6. The molecule has 1 radical (unpaired) electrons. The fourth-order valence-electron chi connectivity index (χ4n) is 1.55. The Hall–Kier alpha value is -0.00506. The van der Waals surface area contributed by atoms with E-state index in [-0.39, 0.29) is 0 Å². The molecule has 0 aliphatic carbocycles. The maximum atomic E-state index is 12.6. The fourth-order valence-corrected chi connectivity index (χ4v) is 1.55. The molecule has 0 fully saturated rings. The molecule has 0 aromatic heterocycles. The second kappa shape index (κ2) is 7.63. The molecule has 0 aliphatic rings. The molecule has 12 heavy (non-hydrogen) atoms. The van der Waals surface area contributed by atoms with Crippen molar-refractivity contribution in [2.45, 2.75) is 64.8 Å². The second-order valence-corrected chi connectivity index (χ2v) is 3.56. The molecule has 0 rings (SSSR count). The van der Waals surface area contributed by atoms with Gasteiger partial charge in [-0.2, -0.15) is 0 Å². The molecule has 0 N–H and O–H groups in total. The predicted molar refractivity (Wildman–Crippen MR) is 54.5 cm³/mol. The highest BCUT2D eigenvalue weighted by molar-refractivity contribution is 6.39. The van der Waals surface area contributed by atoms with E-state index in [1.54, 1.807) is 6.92 Å². The van der Waals surface area contributed by atoms with E-state index >= 15 is 0 Å². The molecule has 0 aromatic carbocycles. The average Bonchev–Trinajstić information content (AvgIpc) is 2.00. The molecular formula is C10H21BF. The summed E-state index contributed by atoms with van der Waals surface area (Å²) in [5, 5.41) is 0. The monoisotopic (exact) mass is 171 g/mol. The summed E-state index contributed by atoms with van der Waals surface area (Å²) < 4.78 is 12.6. The lowest BCUT2D eigenvalue weighted by Crippen LogP contribution is -2.13. The van der Waals surface area contributed by atoms with Crippen molar-refractivity contribution in [2.75, 3.05) is 0 Å². The molecular weight excluding hydrogens is 150 g/mol. The topological polar surface area (TPSA) is 0 Å². The van der Waals surface area contributed by atoms with Gasteiger partial charge in [0, 0.05) is 0 Å². The van der Waals surface area contributed by atoms with Gasteiger partial charge in [0.15, 0.2) is 7.28 Å². The van der Waals surface area contributed by atoms with E-state index in [4.69, 9.17) is 0 Å². The normalized spacial score (nSPS) is 15.7. The molecule has 71 valence electrons.